The summed E-state index contributed by atoms with van der Waals surface area (Å²) in [6, 6.07) is 9.34. The van der Waals surface area contributed by atoms with E-state index in [2.05, 4.69) is 10.6 Å². The van der Waals surface area contributed by atoms with Gasteiger partial charge in [-0.05, 0) is 49.2 Å². The van der Waals surface area contributed by atoms with Crippen LogP contribution in [0, 0.1) is 5.92 Å². The van der Waals surface area contributed by atoms with Gasteiger partial charge >= 0.3 is 12.2 Å². The Morgan fingerprint density at radius 1 is 0.816 bits per heavy atom. The van der Waals surface area contributed by atoms with Crippen molar-refractivity contribution in [3.63, 3.8) is 0 Å². The maximum atomic E-state index is 13.4. The highest BCUT2D eigenvalue weighted by Crippen LogP contribution is 2.31. The highest BCUT2D eigenvalue weighted by molar-refractivity contribution is 6.02. The number of halogens is 3. The summed E-state index contributed by atoms with van der Waals surface area (Å²) in [5, 5.41) is 5.40. The number of benzene rings is 2. The molecule has 2 N–H and O–H groups in total. The fourth-order valence-corrected chi connectivity index (χ4v) is 4.56. The molecule has 4 amide bonds. The molecule has 0 atom stereocenters. The Bertz CT molecular complexity index is 1190. The second-order valence-corrected chi connectivity index (χ2v) is 9.86. The summed E-state index contributed by atoms with van der Waals surface area (Å²) in [4.78, 5) is 43.7. The molecule has 2 aliphatic heterocycles. The molecule has 0 saturated carbocycles. The number of urea groups is 1. The van der Waals surface area contributed by atoms with Gasteiger partial charge in [-0.25, -0.2) is 4.79 Å². The highest BCUT2D eigenvalue weighted by Gasteiger charge is 2.31. The average Bonchev–Trinajstić information content (AvgIpc) is 3.43. The van der Waals surface area contributed by atoms with Crippen molar-refractivity contribution in [2.75, 3.05) is 54.8 Å². The summed E-state index contributed by atoms with van der Waals surface area (Å²) >= 11 is 0. The number of rotatable bonds is 5. The smallest absolute Gasteiger partial charge is 0.367 e. The summed E-state index contributed by atoms with van der Waals surface area (Å²) in [7, 11) is 0. The second kappa shape index (κ2) is 11.3. The van der Waals surface area contributed by atoms with Gasteiger partial charge in [0.25, 0.3) is 5.91 Å². The lowest BCUT2D eigenvalue weighted by atomic mass is 10.1. The van der Waals surface area contributed by atoms with Crippen LogP contribution in [0.25, 0.3) is 0 Å². The zero-order valence-corrected chi connectivity index (χ0v) is 21.5. The van der Waals surface area contributed by atoms with Crippen LogP contribution in [0.3, 0.4) is 0 Å². The summed E-state index contributed by atoms with van der Waals surface area (Å²) in [5.74, 6) is -0.442. The number of carbonyl (C=O) groups excluding carboxylic acids is 3. The van der Waals surface area contributed by atoms with Gasteiger partial charge in [0.05, 0.1) is 11.1 Å². The molecular formula is C27H32F3N5O3. The zero-order chi connectivity index (χ0) is 27.4. The molecule has 0 aliphatic carbocycles. The Labute approximate surface area is 219 Å². The summed E-state index contributed by atoms with van der Waals surface area (Å²) < 4.78 is 39.0. The fourth-order valence-electron chi connectivity index (χ4n) is 4.56. The molecule has 4 rings (SSSR count). The van der Waals surface area contributed by atoms with E-state index in [1.54, 1.807) is 26.0 Å². The number of likely N-dealkylation sites (tertiary alicyclic amines) is 1. The minimum Gasteiger partial charge on any atom is -0.367 e. The van der Waals surface area contributed by atoms with E-state index >= 15 is 0 Å². The van der Waals surface area contributed by atoms with Gasteiger partial charge in [0, 0.05) is 62.2 Å². The average molecular weight is 532 g/mol. The van der Waals surface area contributed by atoms with Crippen LogP contribution in [0.1, 0.15) is 42.6 Å². The molecule has 2 saturated heterocycles. The van der Waals surface area contributed by atoms with E-state index in [9.17, 15) is 27.6 Å². The largest absolute Gasteiger partial charge is 0.416 e. The third-order valence-corrected chi connectivity index (χ3v) is 6.76. The second-order valence-electron chi connectivity index (χ2n) is 9.86. The predicted octanol–water partition coefficient (Wildman–Crippen LogP) is 4.89. The van der Waals surface area contributed by atoms with Crippen LogP contribution in [0.15, 0.2) is 42.5 Å². The number of amides is 4. The SMILES string of the molecule is CC(C)C(=O)Nc1ccc(N2CCN(C(=O)Nc3cccc(C(F)(F)F)c3)CC2)c(C(=O)N2CCCC2)c1. The number of alkyl halides is 3. The summed E-state index contributed by atoms with van der Waals surface area (Å²) in [6.07, 6.45) is -2.60. The van der Waals surface area contributed by atoms with Crippen molar-refractivity contribution in [1.82, 2.24) is 9.80 Å². The minimum absolute atomic E-state index is 0.0739. The Kier molecular flexibility index (Phi) is 8.13. The van der Waals surface area contributed by atoms with Crippen molar-refractivity contribution in [2.45, 2.75) is 32.9 Å². The molecule has 204 valence electrons. The standard InChI is InChI=1S/C27H32F3N5O3/c1-18(2)24(36)31-21-8-9-23(22(17-21)25(37)34-10-3-4-11-34)33-12-14-35(15-13-33)26(38)32-20-7-5-6-19(16-20)27(28,29)30/h5-9,16-18H,3-4,10-15H2,1-2H3,(H,31,36)(H,32,38). The molecule has 8 nitrogen and oxygen atoms in total. The van der Waals surface area contributed by atoms with Gasteiger partial charge in [-0.15, -0.1) is 0 Å². The zero-order valence-electron chi connectivity index (χ0n) is 21.5. The number of anilines is 3. The third kappa shape index (κ3) is 6.38. The maximum Gasteiger partial charge on any atom is 0.416 e. The van der Waals surface area contributed by atoms with E-state index in [0.29, 0.717) is 50.5 Å². The van der Waals surface area contributed by atoms with Crippen LogP contribution in [0.5, 0.6) is 0 Å². The fraction of sp³-hybridized carbons (Fsp3) is 0.444. The molecule has 2 aromatic rings. The van der Waals surface area contributed by atoms with E-state index in [0.717, 1.165) is 30.7 Å². The Hall–Kier alpha value is -3.76. The lowest BCUT2D eigenvalue weighted by Gasteiger charge is -2.37. The molecular weight excluding hydrogens is 499 g/mol. The number of hydrogen-bond donors (Lipinski definition) is 2. The van der Waals surface area contributed by atoms with Gasteiger partial charge in [0.1, 0.15) is 0 Å². The van der Waals surface area contributed by atoms with Crippen molar-refractivity contribution in [3.05, 3.63) is 53.6 Å². The summed E-state index contributed by atoms with van der Waals surface area (Å²) in [5.41, 5.74) is 1.01. The predicted molar refractivity (Wildman–Crippen MR) is 139 cm³/mol. The van der Waals surface area contributed by atoms with Crippen LogP contribution >= 0.6 is 0 Å². The lowest BCUT2D eigenvalue weighted by Crippen LogP contribution is -2.50. The van der Waals surface area contributed by atoms with Gasteiger partial charge < -0.3 is 25.3 Å². The van der Waals surface area contributed by atoms with Gasteiger partial charge in [0.15, 0.2) is 0 Å². The van der Waals surface area contributed by atoms with Crippen LogP contribution in [-0.4, -0.2) is 66.9 Å². The van der Waals surface area contributed by atoms with Crippen molar-refractivity contribution < 1.29 is 27.6 Å². The molecule has 0 bridgehead atoms. The quantitative estimate of drug-likeness (QED) is 0.576. The first kappa shape index (κ1) is 27.3. The number of nitrogens with one attached hydrogen (secondary N) is 2. The first-order chi connectivity index (χ1) is 18.0. The molecule has 2 aromatic carbocycles. The van der Waals surface area contributed by atoms with Crippen molar-refractivity contribution in [1.29, 1.82) is 0 Å². The molecule has 2 fully saturated rings. The normalized spacial score (nSPS) is 16.1. The van der Waals surface area contributed by atoms with Crippen molar-refractivity contribution >= 4 is 34.9 Å². The van der Waals surface area contributed by atoms with Gasteiger partial charge in [0.2, 0.25) is 5.91 Å². The maximum absolute atomic E-state index is 13.4. The van der Waals surface area contributed by atoms with E-state index < -0.39 is 17.8 Å². The number of nitrogens with zero attached hydrogens (tertiary/aromatic N) is 3. The molecule has 2 heterocycles. The van der Waals surface area contributed by atoms with E-state index in [-0.39, 0.29) is 23.4 Å². The van der Waals surface area contributed by atoms with Crippen molar-refractivity contribution in [3.8, 4) is 0 Å². The molecule has 0 radical (unpaired) electrons. The van der Waals surface area contributed by atoms with E-state index in [4.69, 9.17) is 0 Å². The lowest BCUT2D eigenvalue weighted by molar-refractivity contribution is -0.137. The van der Waals surface area contributed by atoms with Crippen molar-refractivity contribution in [2.24, 2.45) is 5.92 Å². The molecule has 0 spiro atoms. The topological polar surface area (TPSA) is 85.0 Å². The van der Waals surface area contributed by atoms with Gasteiger partial charge in [-0.1, -0.05) is 19.9 Å². The molecule has 11 heteroatoms. The minimum atomic E-state index is -4.50. The highest BCUT2D eigenvalue weighted by atomic mass is 19.4. The van der Waals surface area contributed by atoms with E-state index in [1.807, 2.05) is 15.9 Å². The molecule has 2 aliphatic rings. The molecule has 0 aromatic heterocycles. The van der Waals surface area contributed by atoms with Crippen LogP contribution in [-0.2, 0) is 11.0 Å². The van der Waals surface area contributed by atoms with E-state index in [1.165, 1.54) is 17.0 Å². The third-order valence-electron chi connectivity index (χ3n) is 6.76. The number of carbonyl (C=O) groups is 3. The first-order valence-electron chi connectivity index (χ1n) is 12.8. The van der Waals surface area contributed by atoms with Gasteiger partial charge in [-0.3, -0.25) is 9.59 Å². The molecule has 0 unspecified atom stereocenters. The first-order valence-corrected chi connectivity index (χ1v) is 12.8. The number of piperazine rings is 1. The molecule has 38 heavy (non-hydrogen) atoms. The number of hydrogen-bond acceptors (Lipinski definition) is 4. The van der Waals surface area contributed by atoms with Crippen LogP contribution < -0.4 is 15.5 Å². The van der Waals surface area contributed by atoms with Crippen LogP contribution in [0.2, 0.25) is 0 Å². The monoisotopic (exact) mass is 531 g/mol. The van der Waals surface area contributed by atoms with Crippen LogP contribution in [0.4, 0.5) is 35.0 Å². The Morgan fingerprint density at radius 2 is 1.47 bits per heavy atom. The van der Waals surface area contributed by atoms with Gasteiger partial charge in [-0.2, -0.15) is 13.2 Å². The summed E-state index contributed by atoms with van der Waals surface area (Å²) in [6.45, 7) is 6.49. The Balaban J connectivity index is 1.46. The Morgan fingerprint density at radius 3 is 2.11 bits per heavy atom.